The summed E-state index contributed by atoms with van der Waals surface area (Å²) in [6.07, 6.45) is 3.69. The van der Waals surface area contributed by atoms with Crippen LogP contribution >= 0.6 is 11.8 Å². The molecular weight excluding hydrogens is 242 g/mol. The second-order valence-electron chi connectivity index (χ2n) is 4.72. The fourth-order valence-electron chi connectivity index (χ4n) is 2.03. The van der Waals surface area contributed by atoms with E-state index in [1.54, 1.807) is 0 Å². The molecule has 18 heavy (non-hydrogen) atoms. The number of hydrogen-bond donors (Lipinski definition) is 1. The highest BCUT2D eigenvalue weighted by molar-refractivity contribution is 7.98. The number of anilines is 1. The predicted octanol–water partition coefficient (Wildman–Crippen LogP) is 3.71. The SMILES string of the molecule is CC[C@@H](O)c1ccccc1N(C)C(C)CCSC. The van der Waals surface area contributed by atoms with Crippen molar-refractivity contribution in [3.8, 4) is 0 Å². The summed E-state index contributed by atoms with van der Waals surface area (Å²) >= 11 is 1.88. The first-order valence-corrected chi connectivity index (χ1v) is 7.99. The molecule has 0 fully saturated rings. The number of para-hydroxylation sites is 1. The second kappa shape index (κ2) is 7.70. The number of rotatable bonds is 7. The molecule has 0 spiro atoms. The highest BCUT2D eigenvalue weighted by Gasteiger charge is 2.16. The molecule has 0 heterocycles. The largest absolute Gasteiger partial charge is 0.388 e. The molecule has 1 rings (SSSR count). The third-order valence-corrected chi connectivity index (χ3v) is 4.11. The van der Waals surface area contributed by atoms with Crippen molar-refractivity contribution in [2.24, 2.45) is 0 Å². The van der Waals surface area contributed by atoms with Crippen molar-refractivity contribution in [1.82, 2.24) is 0 Å². The fraction of sp³-hybridized carbons (Fsp3) is 0.600. The van der Waals surface area contributed by atoms with Gasteiger partial charge in [-0.1, -0.05) is 25.1 Å². The van der Waals surface area contributed by atoms with E-state index < -0.39 is 0 Å². The van der Waals surface area contributed by atoms with Gasteiger partial charge in [0, 0.05) is 24.3 Å². The molecule has 0 aliphatic carbocycles. The van der Waals surface area contributed by atoms with Gasteiger partial charge in [-0.15, -0.1) is 0 Å². The zero-order valence-corrected chi connectivity index (χ0v) is 12.7. The van der Waals surface area contributed by atoms with Crippen LogP contribution in [0.4, 0.5) is 5.69 Å². The molecule has 0 bridgehead atoms. The zero-order chi connectivity index (χ0) is 13.5. The molecule has 0 radical (unpaired) electrons. The first kappa shape index (κ1) is 15.4. The van der Waals surface area contributed by atoms with Gasteiger partial charge in [0.25, 0.3) is 0 Å². The minimum absolute atomic E-state index is 0.364. The molecule has 1 aromatic rings. The Morgan fingerprint density at radius 2 is 2.00 bits per heavy atom. The Bertz CT molecular complexity index is 356. The van der Waals surface area contributed by atoms with E-state index in [-0.39, 0.29) is 6.10 Å². The number of thioether (sulfide) groups is 1. The Morgan fingerprint density at radius 3 is 2.61 bits per heavy atom. The normalized spacial score (nSPS) is 14.3. The highest BCUT2D eigenvalue weighted by Crippen LogP contribution is 2.29. The van der Waals surface area contributed by atoms with Crippen LogP contribution in [0.3, 0.4) is 0 Å². The molecule has 0 aliphatic rings. The quantitative estimate of drug-likeness (QED) is 0.814. The van der Waals surface area contributed by atoms with Crippen molar-refractivity contribution in [2.75, 3.05) is 24.0 Å². The van der Waals surface area contributed by atoms with E-state index in [9.17, 15) is 5.11 Å². The van der Waals surface area contributed by atoms with Crippen molar-refractivity contribution in [1.29, 1.82) is 0 Å². The summed E-state index contributed by atoms with van der Waals surface area (Å²) in [6.45, 7) is 4.25. The van der Waals surface area contributed by atoms with Gasteiger partial charge >= 0.3 is 0 Å². The van der Waals surface area contributed by atoms with Gasteiger partial charge in [-0.05, 0) is 37.8 Å². The van der Waals surface area contributed by atoms with Crippen molar-refractivity contribution < 1.29 is 5.11 Å². The molecule has 0 amide bonds. The van der Waals surface area contributed by atoms with Crippen molar-refractivity contribution >= 4 is 17.4 Å². The Kier molecular flexibility index (Phi) is 6.58. The molecule has 0 saturated carbocycles. The van der Waals surface area contributed by atoms with Crippen molar-refractivity contribution in [2.45, 2.75) is 38.8 Å². The van der Waals surface area contributed by atoms with Crippen LogP contribution in [0.1, 0.15) is 38.4 Å². The molecule has 0 saturated heterocycles. The summed E-state index contributed by atoms with van der Waals surface area (Å²) < 4.78 is 0. The number of nitrogens with zero attached hydrogens (tertiary/aromatic N) is 1. The second-order valence-corrected chi connectivity index (χ2v) is 5.71. The van der Waals surface area contributed by atoms with Crippen LogP contribution in [-0.4, -0.2) is 30.2 Å². The van der Waals surface area contributed by atoms with Crippen LogP contribution in [0.15, 0.2) is 24.3 Å². The summed E-state index contributed by atoms with van der Waals surface area (Å²) in [6, 6.07) is 8.66. The van der Waals surface area contributed by atoms with Gasteiger partial charge in [0.15, 0.2) is 0 Å². The Balaban J connectivity index is 2.87. The van der Waals surface area contributed by atoms with E-state index in [0.717, 1.165) is 24.1 Å². The van der Waals surface area contributed by atoms with Crippen LogP contribution in [0.2, 0.25) is 0 Å². The average Bonchev–Trinajstić information content (AvgIpc) is 2.43. The maximum Gasteiger partial charge on any atom is 0.0807 e. The lowest BCUT2D eigenvalue weighted by molar-refractivity contribution is 0.174. The van der Waals surface area contributed by atoms with Gasteiger partial charge in [0.1, 0.15) is 0 Å². The van der Waals surface area contributed by atoms with E-state index in [2.05, 4.69) is 31.2 Å². The van der Waals surface area contributed by atoms with Gasteiger partial charge in [-0.2, -0.15) is 11.8 Å². The molecule has 3 heteroatoms. The van der Waals surface area contributed by atoms with Crippen LogP contribution < -0.4 is 4.90 Å². The highest BCUT2D eigenvalue weighted by atomic mass is 32.2. The lowest BCUT2D eigenvalue weighted by Gasteiger charge is -2.30. The third kappa shape index (κ3) is 3.92. The molecule has 0 aliphatic heterocycles. The van der Waals surface area contributed by atoms with Gasteiger partial charge in [0.2, 0.25) is 0 Å². The molecule has 1 unspecified atom stereocenters. The topological polar surface area (TPSA) is 23.5 Å². The molecule has 1 N–H and O–H groups in total. The minimum Gasteiger partial charge on any atom is -0.388 e. The fourth-order valence-corrected chi connectivity index (χ4v) is 2.61. The molecule has 2 atom stereocenters. The van der Waals surface area contributed by atoms with E-state index >= 15 is 0 Å². The zero-order valence-electron chi connectivity index (χ0n) is 11.9. The summed E-state index contributed by atoms with van der Waals surface area (Å²) in [5.74, 6) is 1.17. The van der Waals surface area contributed by atoms with E-state index in [1.165, 1.54) is 5.75 Å². The summed E-state index contributed by atoms with van der Waals surface area (Å²) in [5, 5.41) is 10.1. The van der Waals surface area contributed by atoms with Crippen LogP contribution in [0.25, 0.3) is 0 Å². The smallest absolute Gasteiger partial charge is 0.0807 e. The molecule has 102 valence electrons. The van der Waals surface area contributed by atoms with Gasteiger partial charge < -0.3 is 10.0 Å². The van der Waals surface area contributed by atoms with Crippen LogP contribution in [-0.2, 0) is 0 Å². The summed E-state index contributed by atoms with van der Waals surface area (Å²) in [5.41, 5.74) is 2.19. The van der Waals surface area contributed by atoms with E-state index in [0.29, 0.717) is 6.04 Å². The molecular formula is C15H25NOS. The number of hydrogen-bond acceptors (Lipinski definition) is 3. The van der Waals surface area contributed by atoms with E-state index in [4.69, 9.17) is 0 Å². The monoisotopic (exact) mass is 267 g/mol. The summed E-state index contributed by atoms with van der Waals surface area (Å²) in [4.78, 5) is 2.28. The van der Waals surface area contributed by atoms with Gasteiger partial charge in [-0.25, -0.2) is 0 Å². The van der Waals surface area contributed by atoms with E-state index in [1.807, 2.05) is 36.9 Å². The maximum absolute atomic E-state index is 10.1. The van der Waals surface area contributed by atoms with Crippen LogP contribution in [0.5, 0.6) is 0 Å². The lowest BCUT2D eigenvalue weighted by atomic mass is 10.0. The minimum atomic E-state index is -0.364. The summed E-state index contributed by atoms with van der Waals surface area (Å²) in [7, 11) is 2.12. The standard InChI is InChI=1S/C15H25NOS/c1-5-15(17)13-8-6-7-9-14(13)16(3)12(2)10-11-18-4/h6-9,12,15,17H,5,10-11H2,1-4H3/t12?,15-/m1/s1. The predicted molar refractivity (Wildman–Crippen MR) is 82.6 cm³/mol. The van der Waals surface area contributed by atoms with Crippen molar-refractivity contribution in [3.05, 3.63) is 29.8 Å². The van der Waals surface area contributed by atoms with Gasteiger partial charge in [-0.3, -0.25) is 0 Å². The third-order valence-electron chi connectivity index (χ3n) is 3.46. The molecule has 2 nitrogen and oxygen atoms in total. The first-order chi connectivity index (χ1) is 8.61. The molecule has 1 aromatic carbocycles. The lowest BCUT2D eigenvalue weighted by Crippen LogP contribution is -2.30. The number of benzene rings is 1. The number of aliphatic hydroxyl groups is 1. The van der Waals surface area contributed by atoms with Gasteiger partial charge in [0.05, 0.1) is 6.10 Å². The Morgan fingerprint density at radius 1 is 1.33 bits per heavy atom. The first-order valence-electron chi connectivity index (χ1n) is 6.60. The average molecular weight is 267 g/mol. The van der Waals surface area contributed by atoms with Crippen molar-refractivity contribution in [3.63, 3.8) is 0 Å². The molecule has 0 aromatic heterocycles. The Labute approximate surface area is 115 Å². The van der Waals surface area contributed by atoms with Crippen LogP contribution in [0, 0.1) is 0 Å². The Hall–Kier alpha value is -0.670. The number of aliphatic hydroxyl groups excluding tert-OH is 1. The maximum atomic E-state index is 10.1.